The Bertz CT molecular complexity index is 737. The lowest BCUT2D eigenvalue weighted by molar-refractivity contribution is 0.0794. The largest absolute Gasteiger partial charge is 0.457 e. The zero-order chi connectivity index (χ0) is 18.2. The number of halogens is 1. The van der Waals surface area contributed by atoms with Gasteiger partial charge in [0, 0.05) is 29.7 Å². The number of hydrogen-bond donors (Lipinski definition) is 2. The number of nitrogens with one attached hydrogen (secondary N) is 1. The summed E-state index contributed by atoms with van der Waals surface area (Å²) in [6.07, 6.45) is 4.14. The van der Waals surface area contributed by atoms with Crippen LogP contribution in [0.25, 0.3) is 0 Å². The summed E-state index contributed by atoms with van der Waals surface area (Å²) < 4.78 is 11.4. The highest BCUT2D eigenvalue weighted by molar-refractivity contribution is 14.0. The Morgan fingerprint density at radius 2 is 1.85 bits per heavy atom. The van der Waals surface area contributed by atoms with Gasteiger partial charge >= 0.3 is 0 Å². The molecular weight excluding hydrogens is 473 g/mol. The minimum Gasteiger partial charge on any atom is -0.457 e. The molecule has 3 N–H and O–H groups in total. The molecule has 0 amide bonds. The van der Waals surface area contributed by atoms with E-state index in [1.165, 1.54) is 0 Å². The molecule has 1 aliphatic heterocycles. The molecule has 7 heteroatoms. The van der Waals surface area contributed by atoms with Gasteiger partial charge in [0.1, 0.15) is 11.5 Å². The lowest BCUT2D eigenvalue weighted by atomic mass is 9.99. The molecule has 0 aliphatic carbocycles. The Morgan fingerprint density at radius 1 is 1.15 bits per heavy atom. The Labute approximate surface area is 182 Å². The van der Waals surface area contributed by atoms with E-state index in [4.69, 9.17) is 15.2 Å². The van der Waals surface area contributed by atoms with E-state index in [1.54, 1.807) is 0 Å². The van der Waals surface area contributed by atoms with Gasteiger partial charge in [0.15, 0.2) is 5.96 Å². The Hall–Kier alpha value is -1.45. The van der Waals surface area contributed by atoms with Gasteiger partial charge in [-0.1, -0.05) is 24.3 Å². The molecule has 0 bridgehead atoms. The zero-order valence-electron chi connectivity index (χ0n) is 15.4. The number of nitrogens with zero attached hydrogens (tertiary/aromatic N) is 1. The highest BCUT2D eigenvalue weighted by Crippen LogP contribution is 2.34. The van der Waals surface area contributed by atoms with E-state index < -0.39 is 0 Å². The van der Waals surface area contributed by atoms with Crippen molar-refractivity contribution in [3.63, 3.8) is 0 Å². The first-order valence-electron chi connectivity index (χ1n) is 8.72. The number of hydrogen-bond acceptors (Lipinski definition) is 4. The SMILES string of the molecule is CSC1(CN=C(N)Nc2cccc(Oc3ccccc3)c2)CCOCC1.I. The molecule has 2 aromatic carbocycles. The first-order chi connectivity index (χ1) is 12.7. The molecule has 0 unspecified atom stereocenters. The second-order valence-corrected chi connectivity index (χ2v) is 7.54. The summed E-state index contributed by atoms with van der Waals surface area (Å²) in [4.78, 5) is 4.57. The van der Waals surface area contributed by atoms with E-state index in [0.717, 1.165) is 43.2 Å². The van der Waals surface area contributed by atoms with Crippen molar-refractivity contribution in [1.82, 2.24) is 0 Å². The number of anilines is 1. The standard InChI is InChI=1S/C20H25N3O2S.HI/c1-26-20(10-12-24-13-11-20)15-22-19(21)23-16-6-5-9-18(14-16)25-17-7-3-2-4-8-17;/h2-9,14H,10-13,15H2,1H3,(H3,21,22,23);1H. The lowest BCUT2D eigenvalue weighted by Gasteiger charge is -2.34. The van der Waals surface area contributed by atoms with Crippen LogP contribution in [0.4, 0.5) is 5.69 Å². The fraction of sp³-hybridized carbons (Fsp3) is 0.350. The average Bonchev–Trinajstić information content (AvgIpc) is 2.68. The summed E-state index contributed by atoms with van der Waals surface area (Å²) in [6.45, 7) is 2.28. The summed E-state index contributed by atoms with van der Waals surface area (Å²) in [5, 5.41) is 3.16. The molecule has 0 saturated carbocycles. The van der Waals surface area contributed by atoms with Crippen molar-refractivity contribution in [2.24, 2.45) is 10.7 Å². The van der Waals surface area contributed by atoms with Crippen LogP contribution in [0.1, 0.15) is 12.8 Å². The van der Waals surface area contributed by atoms with Gasteiger partial charge in [-0.3, -0.25) is 4.99 Å². The van der Waals surface area contributed by atoms with Crippen LogP contribution in [0, 0.1) is 0 Å². The maximum absolute atomic E-state index is 6.10. The number of nitrogens with two attached hydrogens (primary N) is 1. The molecule has 2 aromatic rings. The maximum Gasteiger partial charge on any atom is 0.193 e. The number of rotatable bonds is 6. The Kier molecular flexibility index (Phi) is 8.72. The smallest absolute Gasteiger partial charge is 0.193 e. The van der Waals surface area contributed by atoms with E-state index in [9.17, 15) is 0 Å². The van der Waals surface area contributed by atoms with Crippen LogP contribution in [0.5, 0.6) is 11.5 Å². The van der Waals surface area contributed by atoms with Gasteiger partial charge in [-0.25, -0.2) is 0 Å². The van der Waals surface area contributed by atoms with Crippen molar-refractivity contribution < 1.29 is 9.47 Å². The van der Waals surface area contributed by atoms with Gasteiger partial charge < -0.3 is 20.5 Å². The molecule has 146 valence electrons. The average molecular weight is 499 g/mol. The minimum atomic E-state index is 0. The predicted octanol–water partition coefficient (Wildman–Crippen LogP) is 4.74. The molecule has 0 radical (unpaired) electrons. The van der Waals surface area contributed by atoms with E-state index in [-0.39, 0.29) is 28.7 Å². The van der Waals surface area contributed by atoms with Crippen LogP contribution in [0.3, 0.4) is 0 Å². The van der Waals surface area contributed by atoms with E-state index in [2.05, 4.69) is 16.6 Å². The number of ether oxygens (including phenoxy) is 2. The number of benzene rings is 2. The number of thioether (sulfide) groups is 1. The van der Waals surface area contributed by atoms with Crippen LogP contribution < -0.4 is 15.8 Å². The van der Waals surface area contributed by atoms with Crippen molar-refractivity contribution in [3.05, 3.63) is 54.6 Å². The summed E-state index contributed by atoms with van der Waals surface area (Å²) in [6, 6.07) is 17.4. The van der Waals surface area contributed by atoms with Gasteiger partial charge in [0.25, 0.3) is 0 Å². The fourth-order valence-electron chi connectivity index (χ4n) is 2.85. The van der Waals surface area contributed by atoms with Gasteiger partial charge in [0.05, 0.1) is 6.54 Å². The third-order valence-electron chi connectivity index (χ3n) is 4.46. The first kappa shape index (κ1) is 21.8. The molecule has 0 atom stereocenters. The van der Waals surface area contributed by atoms with Crippen molar-refractivity contribution in [3.8, 4) is 11.5 Å². The monoisotopic (exact) mass is 499 g/mol. The van der Waals surface area contributed by atoms with Crippen LogP contribution in [-0.2, 0) is 4.74 Å². The molecule has 5 nitrogen and oxygen atoms in total. The topological polar surface area (TPSA) is 68.9 Å². The van der Waals surface area contributed by atoms with Gasteiger partial charge in [-0.2, -0.15) is 11.8 Å². The number of aliphatic imine (C=N–C) groups is 1. The molecule has 3 rings (SSSR count). The van der Waals surface area contributed by atoms with Crippen molar-refractivity contribution in [1.29, 1.82) is 0 Å². The summed E-state index contributed by atoms with van der Waals surface area (Å²) in [7, 11) is 0. The van der Waals surface area contributed by atoms with Crippen LogP contribution in [0.15, 0.2) is 59.6 Å². The maximum atomic E-state index is 6.10. The van der Waals surface area contributed by atoms with Crippen LogP contribution >= 0.6 is 35.7 Å². The van der Waals surface area contributed by atoms with Crippen LogP contribution in [-0.4, -0.2) is 36.7 Å². The highest BCUT2D eigenvalue weighted by atomic mass is 127. The molecule has 27 heavy (non-hydrogen) atoms. The minimum absolute atomic E-state index is 0. The van der Waals surface area contributed by atoms with E-state index >= 15 is 0 Å². The van der Waals surface area contributed by atoms with Gasteiger partial charge in [0.2, 0.25) is 0 Å². The van der Waals surface area contributed by atoms with Crippen molar-refractivity contribution in [2.75, 3.05) is 31.3 Å². The normalized spacial score (nSPS) is 16.3. The molecule has 0 spiro atoms. The number of guanidine groups is 1. The Morgan fingerprint density at radius 3 is 2.56 bits per heavy atom. The molecule has 1 saturated heterocycles. The predicted molar refractivity (Wildman–Crippen MR) is 125 cm³/mol. The molecule has 1 aliphatic rings. The fourth-order valence-corrected chi connectivity index (χ4v) is 3.62. The first-order valence-corrected chi connectivity index (χ1v) is 9.94. The molecule has 0 aromatic heterocycles. The highest BCUT2D eigenvalue weighted by Gasteiger charge is 2.31. The molecular formula is C20H26IN3O2S. The second kappa shape index (κ2) is 10.8. The van der Waals surface area contributed by atoms with E-state index in [1.807, 2.05) is 66.4 Å². The summed E-state index contributed by atoms with van der Waals surface area (Å²) >= 11 is 1.85. The van der Waals surface area contributed by atoms with Gasteiger partial charge in [-0.15, -0.1) is 24.0 Å². The molecule has 1 heterocycles. The Balaban J connectivity index is 0.00000261. The summed E-state index contributed by atoms with van der Waals surface area (Å²) in [5.41, 5.74) is 6.95. The van der Waals surface area contributed by atoms with E-state index in [0.29, 0.717) is 12.5 Å². The summed E-state index contributed by atoms with van der Waals surface area (Å²) in [5.74, 6) is 1.97. The third-order valence-corrected chi connectivity index (χ3v) is 5.86. The lowest BCUT2D eigenvalue weighted by Crippen LogP contribution is -2.37. The third kappa shape index (κ3) is 6.58. The van der Waals surface area contributed by atoms with Crippen LogP contribution in [0.2, 0.25) is 0 Å². The number of para-hydroxylation sites is 1. The molecule has 1 fully saturated rings. The van der Waals surface area contributed by atoms with Gasteiger partial charge in [-0.05, 0) is 43.4 Å². The zero-order valence-corrected chi connectivity index (χ0v) is 18.5. The quantitative estimate of drug-likeness (QED) is 0.342. The second-order valence-electron chi connectivity index (χ2n) is 6.27. The van der Waals surface area contributed by atoms with Crippen molar-refractivity contribution >= 4 is 47.4 Å². The van der Waals surface area contributed by atoms with Crippen molar-refractivity contribution in [2.45, 2.75) is 17.6 Å².